The summed E-state index contributed by atoms with van der Waals surface area (Å²) in [5.74, 6) is 0. The topological polar surface area (TPSA) is 27.3 Å². The fraction of sp³-hybridized carbons (Fsp3) is 0.588. The molecule has 1 fully saturated rings. The number of halogens is 3. The lowest BCUT2D eigenvalue weighted by atomic mass is 10.1. The largest absolute Gasteiger partial charge is 0.416 e. The first-order valence-corrected chi connectivity index (χ1v) is 8.52. The average molecular weight is 359 g/mol. The summed E-state index contributed by atoms with van der Waals surface area (Å²) >= 11 is 5.26. The second-order valence-corrected chi connectivity index (χ2v) is 7.51. The highest BCUT2D eigenvalue weighted by molar-refractivity contribution is 7.80. The summed E-state index contributed by atoms with van der Waals surface area (Å²) in [4.78, 5) is 2.12. The number of nitrogens with one attached hydrogen (secondary N) is 2. The Morgan fingerprint density at radius 1 is 1.08 bits per heavy atom. The van der Waals surface area contributed by atoms with Crippen LogP contribution in [-0.4, -0.2) is 23.7 Å². The molecule has 134 valence electrons. The molecule has 0 unspecified atom stereocenters. The van der Waals surface area contributed by atoms with E-state index in [9.17, 15) is 13.2 Å². The van der Waals surface area contributed by atoms with Crippen LogP contribution in [0.25, 0.3) is 0 Å². The van der Waals surface area contributed by atoms with Crippen molar-refractivity contribution >= 4 is 28.7 Å². The molecule has 7 heteroatoms. The van der Waals surface area contributed by atoms with Gasteiger partial charge in [0.15, 0.2) is 5.11 Å². The van der Waals surface area contributed by atoms with E-state index in [4.69, 9.17) is 12.2 Å². The number of nitrogens with zero attached hydrogens (tertiary/aromatic N) is 1. The third-order valence-corrected chi connectivity index (χ3v) is 3.96. The Labute approximate surface area is 146 Å². The summed E-state index contributed by atoms with van der Waals surface area (Å²) in [5.41, 5.74) is 0.218. The maximum absolute atomic E-state index is 13.1. The number of benzene rings is 1. The van der Waals surface area contributed by atoms with E-state index in [2.05, 4.69) is 15.5 Å². The number of thiocarbonyl (C=S) groups is 1. The quantitative estimate of drug-likeness (QED) is 0.743. The molecule has 0 spiro atoms. The van der Waals surface area contributed by atoms with Crippen LogP contribution in [-0.2, 0) is 6.18 Å². The molecule has 2 rings (SSSR count). The van der Waals surface area contributed by atoms with Crippen LogP contribution in [0.15, 0.2) is 18.2 Å². The van der Waals surface area contributed by atoms with Crippen LogP contribution < -0.4 is 15.5 Å². The van der Waals surface area contributed by atoms with Gasteiger partial charge in [-0.15, -0.1) is 0 Å². The standard InChI is InChI=1S/C17H24F3N3S/c1-16(2,3)22-15(24)21-13-11-12(17(18,19)20)7-8-14(13)23-9-5-4-6-10-23/h7-8,11H,4-6,9-10H2,1-3H3,(H2,21,22,24). The zero-order chi connectivity index (χ0) is 18.0. The van der Waals surface area contributed by atoms with Crippen molar-refractivity contribution in [2.75, 3.05) is 23.3 Å². The SMILES string of the molecule is CC(C)(C)NC(=S)Nc1cc(C(F)(F)F)ccc1N1CCCCC1. The Hall–Kier alpha value is -1.50. The summed E-state index contributed by atoms with van der Waals surface area (Å²) in [7, 11) is 0. The van der Waals surface area contributed by atoms with Crippen molar-refractivity contribution in [3.05, 3.63) is 23.8 Å². The molecule has 1 aromatic rings. The summed E-state index contributed by atoms with van der Waals surface area (Å²) in [6, 6.07) is 3.81. The van der Waals surface area contributed by atoms with Crippen LogP contribution in [0, 0.1) is 0 Å². The first-order chi connectivity index (χ1) is 11.1. The third kappa shape index (κ3) is 5.26. The summed E-state index contributed by atoms with van der Waals surface area (Å²) in [5, 5.41) is 6.35. The van der Waals surface area contributed by atoms with Crippen LogP contribution >= 0.6 is 12.2 Å². The number of hydrogen-bond donors (Lipinski definition) is 2. The molecular formula is C17H24F3N3S. The van der Waals surface area contributed by atoms with Crippen LogP contribution in [0.1, 0.15) is 45.6 Å². The van der Waals surface area contributed by atoms with E-state index in [0.29, 0.717) is 10.8 Å². The minimum absolute atomic E-state index is 0.267. The highest BCUT2D eigenvalue weighted by atomic mass is 32.1. The number of rotatable bonds is 2. The van der Waals surface area contributed by atoms with Crippen LogP contribution in [0.3, 0.4) is 0 Å². The normalized spacial score (nSPS) is 16.0. The predicted molar refractivity (Wildman–Crippen MR) is 96.6 cm³/mol. The minimum atomic E-state index is -4.38. The van der Waals surface area contributed by atoms with Crippen molar-refractivity contribution < 1.29 is 13.2 Å². The summed E-state index contributed by atoms with van der Waals surface area (Å²) in [6.45, 7) is 7.52. The molecule has 1 aliphatic heterocycles. The van der Waals surface area contributed by atoms with Gasteiger partial charge in [0, 0.05) is 18.6 Å². The van der Waals surface area contributed by atoms with Gasteiger partial charge in [0.05, 0.1) is 16.9 Å². The molecular weight excluding hydrogens is 335 g/mol. The van der Waals surface area contributed by atoms with E-state index in [0.717, 1.165) is 50.2 Å². The zero-order valence-electron chi connectivity index (χ0n) is 14.3. The molecule has 0 radical (unpaired) electrons. The monoisotopic (exact) mass is 359 g/mol. The molecule has 0 aliphatic carbocycles. The molecule has 1 aliphatic rings. The fourth-order valence-electron chi connectivity index (χ4n) is 2.72. The van der Waals surface area contributed by atoms with Crippen LogP contribution in [0.2, 0.25) is 0 Å². The minimum Gasteiger partial charge on any atom is -0.370 e. The lowest BCUT2D eigenvalue weighted by Gasteiger charge is -2.32. The molecule has 1 aromatic carbocycles. The molecule has 0 amide bonds. The van der Waals surface area contributed by atoms with Crippen molar-refractivity contribution in [2.24, 2.45) is 0 Å². The van der Waals surface area contributed by atoms with Crippen molar-refractivity contribution in [3.63, 3.8) is 0 Å². The van der Waals surface area contributed by atoms with E-state index in [1.807, 2.05) is 20.8 Å². The van der Waals surface area contributed by atoms with Gasteiger partial charge in [0.2, 0.25) is 0 Å². The van der Waals surface area contributed by atoms with Gasteiger partial charge in [0.25, 0.3) is 0 Å². The Bertz CT molecular complexity index is 588. The lowest BCUT2D eigenvalue weighted by Crippen LogP contribution is -2.43. The predicted octanol–water partition coefficient (Wildman–Crippen LogP) is 4.78. The third-order valence-electron chi connectivity index (χ3n) is 3.76. The maximum Gasteiger partial charge on any atom is 0.416 e. The van der Waals surface area contributed by atoms with Gasteiger partial charge in [0.1, 0.15) is 0 Å². The molecule has 0 aromatic heterocycles. The first kappa shape index (κ1) is 18.8. The van der Waals surface area contributed by atoms with Crippen LogP contribution in [0.4, 0.5) is 24.5 Å². The zero-order valence-corrected chi connectivity index (χ0v) is 15.1. The van der Waals surface area contributed by atoms with Gasteiger partial charge in [-0.05, 0) is 70.5 Å². The van der Waals surface area contributed by atoms with Crippen LogP contribution in [0.5, 0.6) is 0 Å². The summed E-state index contributed by atoms with van der Waals surface area (Å²) < 4.78 is 39.2. The Morgan fingerprint density at radius 2 is 1.71 bits per heavy atom. The van der Waals surface area contributed by atoms with Gasteiger partial charge < -0.3 is 15.5 Å². The number of anilines is 2. The molecule has 0 saturated carbocycles. The van der Waals surface area contributed by atoms with Crippen molar-refractivity contribution in [1.82, 2.24) is 5.32 Å². The molecule has 0 atom stereocenters. The molecule has 1 saturated heterocycles. The number of alkyl halides is 3. The van der Waals surface area contributed by atoms with E-state index in [1.54, 1.807) is 0 Å². The average Bonchev–Trinajstić information content (AvgIpc) is 2.45. The maximum atomic E-state index is 13.1. The molecule has 2 N–H and O–H groups in total. The highest BCUT2D eigenvalue weighted by Gasteiger charge is 2.31. The molecule has 1 heterocycles. The van der Waals surface area contributed by atoms with Gasteiger partial charge in [-0.25, -0.2) is 0 Å². The van der Waals surface area contributed by atoms with Gasteiger partial charge >= 0.3 is 6.18 Å². The Kier molecular flexibility index (Phi) is 5.63. The number of hydrogen-bond acceptors (Lipinski definition) is 2. The van der Waals surface area contributed by atoms with E-state index < -0.39 is 11.7 Å². The van der Waals surface area contributed by atoms with E-state index >= 15 is 0 Å². The van der Waals surface area contributed by atoms with Gasteiger partial charge in [-0.1, -0.05) is 0 Å². The Morgan fingerprint density at radius 3 is 2.25 bits per heavy atom. The van der Waals surface area contributed by atoms with Crippen molar-refractivity contribution in [1.29, 1.82) is 0 Å². The second kappa shape index (κ2) is 7.17. The molecule has 3 nitrogen and oxygen atoms in total. The van der Waals surface area contributed by atoms with E-state index in [1.165, 1.54) is 6.07 Å². The molecule has 24 heavy (non-hydrogen) atoms. The van der Waals surface area contributed by atoms with Gasteiger partial charge in [-0.2, -0.15) is 13.2 Å². The number of piperidine rings is 1. The highest BCUT2D eigenvalue weighted by Crippen LogP contribution is 2.36. The van der Waals surface area contributed by atoms with Crippen molar-refractivity contribution in [2.45, 2.75) is 51.7 Å². The Balaban J connectivity index is 2.30. The van der Waals surface area contributed by atoms with E-state index in [-0.39, 0.29) is 5.54 Å². The van der Waals surface area contributed by atoms with Crippen molar-refractivity contribution in [3.8, 4) is 0 Å². The van der Waals surface area contributed by atoms with Gasteiger partial charge in [-0.3, -0.25) is 0 Å². The second-order valence-electron chi connectivity index (χ2n) is 7.11. The fourth-order valence-corrected chi connectivity index (χ4v) is 3.13. The molecule has 0 bridgehead atoms. The summed E-state index contributed by atoms with van der Waals surface area (Å²) in [6.07, 6.45) is -1.13. The first-order valence-electron chi connectivity index (χ1n) is 8.12. The lowest BCUT2D eigenvalue weighted by molar-refractivity contribution is -0.137. The smallest absolute Gasteiger partial charge is 0.370 e.